The third kappa shape index (κ3) is 2.90. The number of ether oxygens (including phenoxy) is 1. The van der Waals surface area contributed by atoms with Crippen molar-refractivity contribution in [1.29, 1.82) is 0 Å². The molecule has 0 saturated carbocycles. The van der Waals surface area contributed by atoms with Gasteiger partial charge in [-0.25, -0.2) is 0 Å². The second-order valence-electron chi connectivity index (χ2n) is 5.61. The second kappa shape index (κ2) is 4.98. The molecule has 0 aromatic heterocycles. The third-order valence-corrected chi connectivity index (χ3v) is 3.74. The maximum absolute atomic E-state index is 6.16. The maximum atomic E-state index is 6.16. The molecule has 3 nitrogen and oxygen atoms in total. The summed E-state index contributed by atoms with van der Waals surface area (Å²) in [5.74, 6) is 0.726. The highest BCUT2D eigenvalue weighted by molar-refractivity contribution is 6.32. The fourth-order valence-corrected chi connectivity index (χ4v) is 2.69. The van der Waals surface area contributed by atoms with Crippen LogP contribution in [0.4, 0.5) is 5.69 Å². The van der Waals surface area contributed by atoms with Crippen LogP contribution in [0.3, 0.4) is 0 Å². The fourth-order valence-electron chi connectivity index (χ4n) is 2.45. The zero-order chi connectivity index (χ0) is 13.3. The number of hydrogen-bond acceptors (Lipinski definition) is 3. The number of anilines is 1. The molecule has 1 aliphatic rings. The van der Waals surface area contributed by atoms with Crippen LogP contribution in [0.2, 0.25) is 5.02 Å². The van der Waals surface area contributed by atoms with Crippen LogP contribution in [0.25, 0.3) is 0 Å². The first-order valence-corrected chi connectivity index (χ1v) is 6.65. The SMILES string of the molecule is COc1cc(C)c(NC2CNC(C)(C)C2)cc1Cl. The number of methoxy groups -OCH3 is 1. The monoisotopic (exact) mass is 268 g/mol. The van der Waals surface area contributed by atoms with Crippen LogP contribution < -0.4 is 15.4 Å². The number of hydrogen-bond donors (Lipinski definition) is 2. The lowest BCUT2D eigenvalue weighted by Gasteiger charge is -2.19. The van der Waals surface area contributed by atoms with Crippen LogP contribution in [0.1, 0.15) is 25.8 Å². The Kier molecular flexibility index (Phi) is 3.74. The smallest absolute Gasteiger partial charge is 0.137 e. The van der Waals surface area contributed by atoms with Crippen molar-refractivity contribution in [2.24, 2.45) is 0 Å². The van der Waals surface area contributed by atoms with Gasteiger partial charge in [0.2, 0.25) is 0 Å². The van der Waals surface area contributed by atoms with Crippen molar-refractivity contribution >= 4 is 17.3 Å². The van der Waals surface area contributed by atoms with Crippen LogP contribution in [0.15, 0.2) is 12.1 Å². The zero-order valence-electron chi connectivity index (χ0n) is 11.4. The second-order valence-corrected chi connectivity index (χ2v) is 6.02. The highest BCUT2D eigenvalue weighted by Gasteiger charge is 2.30. The van der Waals surface area contributed by atoms with Crippen molar-refractivity contribution in [2.75, 3.05) is 19.0 Å². The lowest BCUT2D eigenvalue weighted by atomic mass is 10.0. The molecule has 1 unspecified atom stereocenters. The summed E-state index contributed by atoms with van der Waals surface area (Å²) >= 11 is 6.16. The van der Waals surface area contributed by atoms with Crippen LogP contribution in [-0.2, 0) is 0 Å². The van der Waals surface area contributed by atoms with E-state index in [1.165, 1.54) is 0 Å². The summed E-state index contributed by atoms with van der Waals surface area (Å²) in [7, 11) is 1.64. The number of rotatable bonds is 3. The molecular formula is C14H21ClN2O. The molecule has 0 amide bonds. The highest BCUT2D eigenvalue weighted by atomic mass is 35.5. The van der Waals surface area contributed by atoms with E-state index >= 15 is 0 Å². The van der Waals surface area contributed by atoms with Gasteiger partial charge in [0.05, 0.1) is 12.1 Å². The first-order valence-electron chi connectivity index (χ1n) is 6.27. The van der Waals surface area contributed by atoms with Crippen molar-refractivity contribution < 1.29 is 4.74 Å². The van der Waals surface area contributed by atoms with Gasteiger partial charge in [-0.05, 0) is 44.9 Å². The zero-order valence-corrected chi connectivity index (χ0v) is 12.2. The lowest BCUT2D eigenvalue weighted by molar-refractivity contribution is 0.415. The normalized spacial score (nSPS) is 21.9. The van der Waals surface area contributed by atoms with Crippen molar-refractivity contribution in [1.82, 2.24) is 5.32 Å². The predicted octanol–water partition coefficient (Wildman–Crippen LogP) is 3.21. The molecule has 2 rings (SSSR count). The van der Waals surface area contributed by atoms with Gasteiger partial charge in [0.15, 0.2) is 0 Å². The highest BCUT2D eigenvalue weighted by Crippen LogP contribution is 2.32. The van der Waals surface area contributed by atoms with E-state index in [0.717, 1.165) is 30.0 Å². The van der Waals surface area contributed by atoms with Crippen molar-refractivity contribution in [3.8, 4) is 5.75 Å². The molecule has 0 bridgehead atoms. The Bertz CT molecular complexity index is 446. The Morgan fingerprint density at radius 3 is 2.72 bits per heavy atom. The molecule has 0 radical (unpaired) electrons. The molecule has 4 heteroatoms. The van der Waals surface area contributed by atoms with Crippen LogP contribution in [0, 0.1) is 6.92 Å². The molecule has 1 aliphatic heterocycles. The number of benzene rings is 1. The summed E-state index contributed by atoms with van der Waals surface area (Å²) < 4.78 is 5.21. The lowest BCUT2D eigenvalue weighted by Crippen LogP contribution is -2.31. The van der Waals surface area contributed by atoms with Gasteiger partial charge in [0.25, 0.3) is 0 Å². The van der Waals surface area contributed by atoms with Crippen molar-refractivity contribution in [3.63, 3.8) is 0 Å². The minimum atomic E-state index is 0.210. The third-order valence-electron chi connectivity index (χ3n) is 3.44. The molecule has 100 valence electrons. The quantitative estimate of drug-likeness (QED) is 0.883. The Morgan fingerprint density at radius 2 is 2.17 bits per heavy atom. The van der Waals surface area contributed by atoms with E-state index < -0.39 is 0 Å². The standard InChI is InChI=1S/C14H21ClN2O/c1-9-5-13(18-4)11(15)6-12(9)17-10-7-14(2,3)16-8-10/h5-6,10,16-17H,7-8H2,1-4H3. The summed E-state index contributed by atoms with van der Waals surface area (Å²) in [6.45, 7) is 7.50. The number of aryl methyl sites for hydroxylation is 1. The molecular weight excluding hydrogens is 248 g/mol. The summed E-state index contributed by atoms with van der Waals surface area (Å²) in [4.78, 5) is 0. The topological polar surface area (TPSA) is 33.3 Å². The van der Waals surface area contributed by atoms with E-state index in [-0.39, 0.29) is 5.54 Å². The van der Waals surface area contributed by atoms with Crippen LogP contribution >= 0.6 is 11.6 Å². The summed E-state index contributed by atoms with van der Waals surface area (Å²) in [6, 6.07) is 4.36. The van der Waals surface area contributed by atoms with Crippen LogP contribution in [0.5, 0.6) is 5.75 Å². The number of nitrogens with one attached hydrogen (secondary N) is 2. The molecule has 1 atom stereocenters. The first kappa shape index (κ1) is 13.5. The summed E-state index contributed by atoms with van der Waals surface area (Å²) in [5, 5.41) is 7.71. The average Bonchev–Trinajstić information content (AvgIpc) is 2.63. The Hall–Kier alpha value is -0.930. The van der Waals surface area contributed by atoms with E-state index in [1.807, 2.05) is 12.1 Å². The Morgan fingerprint density at radius 1 is 1.44 bits per heavy atom. The molecule has 1 aromatic carbocycles. The molecule has 1 saturated heterocycles. The molecule has 1 aromatic rings. The number of halogens is 1. The average molecular weight is 269 g/mol. The van der Waals surface area contributed by atoms with E-state index in [1.54, 1.807) is 7.11 Å². The van der Waals surface area contributed by atoms with Gasteiger partial charge >= 0.3 is 0 Å². The van der Waals surface area contributed by atoms with Gasteiger partial charge in [0.1, 0.15) is 5.75 Å². The van der Waals surface area contributed by atoms with E-state index in [0.29, 0.717) is 11.1 Å². The molecule has 0 spiro atoms. The summed E-state index contributed by atoms with van der Waals surface area (Å²) in [6.07, 6.45) is 1.11. The van der Waals surface area contributed by atoms with Gasteiger partial charge in [-0.1, -0.05) is 11.6 Å². The molecule has 1 heterocycles. The molecule has 2 N–H and O–H groups in total. The van der Waals surface area contributed by atoms with E-state index in [9.17, 15) is 0 Å². The minimum Gasteiger partial charge on any atom is -0.495 e. The van der Waals surface area contributed by atoms with E-state index in [4.69, 9.17) is 16.3 Å². The predicted molar refractivity (Wildman–Crippen MR) is 76.9 cm³/mol. The van der Waals surface area contributed by atoms with Gasteiger partial charge in [-0.2, -0.15) is 0 Å². The van der Waals surface area contributed by atoms with Gasteiger partial charge in [-0.15, -0.1) is 0 Å². The molecule has 0 aliphatic carbocycles. The molecule has 1 fully saturated rings. The maximum Gasteiger partial charge on any atom is 0.137 e. The van der Waals surface area contributed by atoms with E-state index in [2.05, 4.69) is 31.4 Å². The fraction of sp³-hybridized carbons (Fsp3) is 0.571. The van der Waals surface area contributed by atoms with Crippen molar-refractivity contribution in [3.05, 3.63) is 22.7 Å². The minimum absolute atomic E-state index is 0.210. The summed E-state index contributed by atoms with van der Waals surface area (Å²) in [5.41, 5.74) is 2.45. The Labute approximate surface area is 114 Å². The van der Waals surface area contributed by atoms with Crippen LogP contribution in [-0.4, -0.2) is 25.2 Å². The van der Waals surface area contributed by atoms with Gasteiger partial charge in [-0.3, -0.25) is 0 Å². The van der Waals surface area contributed by atoms with Gasteiger partial charge in [0, 0.05) is 23.8 Å². The van der Waals surface area contributed by atoms with Gasteiger partial charge < -0.3 is 15.4 Å². The van der Waals surface area contributed by atoms with Crippen molar-refractivity contribution in [2.45, 2.75) is 38.8 Å². The first-order chi connectivity index (χ1) is 8.41. The largest absolute Gasteiger partial charge is 0.495 e. The Balaban J connectivity index is 2.13. The molecule has 18 heavy (non-hydrogen) atoms.